The largest absolute Gasteiger partial charge is 0.492 e. The van der Waals surface area contributed by atoms with Gasteiger partial charge in [-0.25, -0.2) is 4.79 Å². The second-order valence-corrected chi connectivity index (χ2v) is 6.05. The van der Waals surface area contributed by atoms with Crippen molar-refractivity contribution in [1.82, 2.24) is 4.90 Å². The second kappa shape index (κ2) is 7.70. The average molecular weight is 327 g/mol. The highest BCUT2D eigenvalue weighted by Gasteiger charge is 2.27. The molecule has 2 rings (SSSR count). The summed E-state index contributed by atoms with van der Waals surface area (Å²) in [5.74, 6) is 0.768. The lowest BCUT2D eigenvalue weighted by atomic mass is 10.1. The maximum absolute atomic E-state index is 12.2. The molecule has 2 N–H and O–H groups in total. The van der Waals surface area contributed by atoms with Gasteiger partial charge in [0.1, 0.15) is 5.75 Å². The molecule has 1 saturated carbocycles. The van der Waals surface area contributed by atoms with Gasteiger partial charge in [0, 0.05) is 25.2 Å². The average Bonchev–Trinajstić information content (AvgIpc) is 2.87. The number of hydrogen-bond acceptors (Lipinski definition) is 3. The molecule has 2 atom stereocenters. The van der Waals surface area contributed by atoms with Crippen LogP contribution in [0.3, 0.4) is 0 Å². The molecule has 1 aromatic rings. The Kier molecular flexibility index (Phi) is 5.91. The van der Waals surface area contributed by atoms with E-state index in [1.807, 2.05) is 6.92 Å². The van der Waals surface area contributed by atoms with Gasteiger partial charge in [-0.3, -0.25) is 0 Å². The van der Waals surface area contributed by atoms with Crippen LogP contribution in [0.5, 0.6) is 5.75 Å². The van der Waals surface area contributed by atoms with E-state index in [2.05, 4.69) is 5.32 Å². The Morgan fingerprint density at radius 1 is 1.50 bits per heavy atom. The van der Waals surface area contributed by atoms with Crippen LogP contribution in [0.2, 0.25) is 5.02 Å². The number of aliphatic hydroxyl groups is 1. The van der Waals surface area contributed by atoms with E-state index < -0.39 is 0 Å². The predicted octanol–water partition coefficient (Wildman–Crippen LogP) is 3.36. The summed E-state index contributed by atoms with van der Waals surface area (Å²) in [6, 6.07) is 4.96. The molecular weight excluding hydrogens is 304 g/mol. The van der Waals surface area contributed by atoms with Crippen LogP contribution in [0.15, 0.2) is 18.2 Å². The zero-order chi connectivity index (χ0) is 16.1. The number of nitrogens with one attached hydrogen (secondary N) is 1. The SMILES string of the molecule is CCOc1ccc(NC(=O)N(C)CC2CCCC2O)cc1Cl. The third-order valence-corrected chi connectivity index (χ3v) is 4.25. The van der Waals surface area contributed by atoms with Gasteiger partial charge in [0.15, 0.2) is 0 Å². The van der Waals surface area contributed by atoms with E-state index in [1.54, 1.807) is 30.1 Å². The molecule has 0 saturated heterocycles. The molecule has 0 spiro atoms. The molecule has 6 heteroatoms. The first kappa shape index (κ1) is 16.9. The fourth-order valence-electron chi connectivity index (χ4n) is 2.73. The molecular formula is C16H23ClN2O3. The smallest absolute Gasteiger partial charge is 0.321 e. The predicted molar refractivity (Wildman–Crippen MR) is 87.6 cm³/mol. The van der Waals surface area contributed by atoms with E-state index >= 15 is 0 Å². The molecule has 1 aliphatic rings. The van der Waals surface area contributed by atoms with Crippen molar-refractivity contribution < 1.29 is 14.6 Å². The third-order valence-electron chi connectivity index (χ3n) is 3.96. The number of hydrogen-bond donors (Lipinski definition) is 2. The third kappa shape index (κ3) is 4.27. The molecule has 122 valence electrons. The summed E-state index contributed by atoms with van der Waals surface area (Å²) in [6.45, 7) is 2.98. The Hall–Kier alpha value is -1.46. The minimum Gasteiger partial charge on any atom is -0.492 e. The molecule has 0 aromatic heterocycles. The Morgan fingerprint density at radius 2 is 2.27 bits per heavy atom. The highest BCUT2D eigenvalue weighted by Crippen LogP contribution is 2.28. The van der Waals surface area contributed by atoms with Gasteiger partial charge in [-0.15, -0.1) is 0 Å². The number of anilines is 1. The fraction of sp³-hybridized carbons (Fsp3) is 0.562. The van der Waals surface area contributed by atoms with Crippen LogP contribution in [0, 0.1) is 5.92 Å². The molecule has 2 amide bonds. The highest BCUT2D eigenvalue weighted by molar-refractivity contribution is 6.32. The lowest BCUT2D eigenvalue weighted by Gasteiger charge is -2.23. The first-order valence-corrected chi connectivity index (χ1v) is 8.01. The Labute approximate surface area is 136 Å². The minimum atomic E-state index is -0.296. The lowest BCUT2D eigenvalue weighted by Crippen LogP contribution is -2.37. The van der Waals surface area contributed by atoms with Crippen molar-refractivity contribution in [3.05, 3.63) is 23.2 Å². The molecule has 22 heavy (non-hydrogen) atoms. The zero-order valence-corrected chi connectivity index (χ0v) is 13.8. The van der Waals surface area contributed by atoms with Gasteiger partial charge >= 0.3 is 6.03 Å². The molecule has 1 aromatic carbocycles. The summed E-state index contributed by atoms with van der Waals surface area (Å²) >= 11 is 6.10. The number of ether oxygens (including phenoxy) is 1. The van der Waals surface area contributed by atoms with Crippen LogP contribution in [0.25, 0.3) is 0 Å². The molecule has 5 nitrogen and oxygen atoms in total. The maximum atomic E-state index is 12.2. The van der Waals surface area contributed by atoms with Gasteiger partial charge < -0.3 is 20.1 Å². The van der Waals surface area contributed by atoms with Crippen molar-refractivity contribution in [3.8, 4) is 5.75 Å². The monoisotopic (exact) mass is 326 g/mol. The van der Waals surface area contributed by atoms with Crippen molar-refractivity contribution >= 4 is 23.3 Å². The standard InChI is InChI=1S/C16H23ClN2O3/c1-3-22-15-8-7-12(9-13(15)17)18-16(21)19(2)10-11-5-4-6-14(11)20/h7-9,11,14,20H,3-6,10H2,1-2H3,(H,18,21). The van der Waals surface area contributed by atoms with Crippen LogP contribution >= 0.6 is 11.6 Å². The summed E-state index contributed by atoms with van der Waals surface area (Å²) in [7, 11) is 1.73. The fourth-order valence-corrected chi connectivity index (χ4v) is 2.97. The van der Waals surface area contributed by atoms with Crippen molar-refractivity contribution in [2.24, 2.45) is 5.92 Å². The van der Waals surface area contributed by atoms with E-state index in [0.29, 0.717) is 29.6 Å². The molecule has 0 bridgehead atoms. The van der Waals surface area contributed by atoms with Gasteiger partial charge in [-0.1, -0.05) is 18.0 Å². The highest BCUT2D eigenvalue weighted by atomic mass is 35.5. The normalized spacial score (nSPS) is 20.7. The van der Waals surface area contributed by atoms with E-state index in [-0.39, 0.29) is 18.1 Å². The van der Waals surface area contributed by atoms with Crippen LogP contribution in [-0.4, -0.2) is 42.3 Å². The Balaban J connectivity index is 1.92. The van der Waals surface area contributed by atoms with Crippen LogP contribution < -0.4 is 10.1 Å². The number of benzene rings is 1. The topological polar surface area (TPSA) is 61.8 Å². The van der Waals surface area contributed by atoms with E-state index in [1.165, 1.54) is 0 Å². The van der Waals surface area contributed by atoms with Gasteiger partial charge in [0.05, 0.1) is 17.7 Å². The van der Waals surface area contributed by atoms with Crippen molar-refractivity contribution in [2.45, 2.75) is 32.3 Å². The van der Waals surface area contributed by atoms with Crippen molar-refractivity contribution in [3.63, 3.8) is 0 Å². The lowest BCUT2D eigenvalue weighted by molar-refractivity contribution is 0.116. The molecule has 1 aliphatic carbocycles. The van der Waals surface area contributed by atoms with Gasteiger partial charge in [-0.2, -0.15) is 0 Å². The van der Waals surface area contributed by atoms with Crippen LogP contribution in [0.4, 0.5) is 10.5 Å². The quantitative estimate of drug-likeness (QED) is 0.872. The van der Waals surface area contributed by atoms with Crippen LogP contribution in [0.1, 0.15) is 26.2 Å². The first-order chi connectivity index (χ1) is 10.5. The molecule has 1 fully saturated rings. The summed E-state index contributed by atoms with van der Waals surface area (Å²) in [5, 5.41) is 13.1. The number of halogens is 1. The molecule has 0 radical (unpaired) electrons. The Bertz CT molecular complexity index is 524. The number of amides is 2. The van der Waals surface area contributed by atoms with Crippen molar-refractivity contribution in [2.75, 3.05) is 25.5 Å². The van der Waals surface area contributed by atoms with E-state index in [0.717, 1.165) is 19.3 Å². The van der Waals surface area contributed by atoms with Gasteiger partial charge in [-0.05, 0) is 38.0 Å². The molecule has 0 aliphatic heterocycles. The first-order valence-electron chi connectivity index (χ1n) is 7.63. The number of carbonyl (C=O) groups excluding carboxylic acids is 1. The number of urea groups is 1. The van der Waals surface area contributed by atoms with Gasteiger partial charge in [0.2, 0.25) is 0 Å². The Morgan fingerprint density at radius 3 is 2.86 bits per heavy atom. The summed E-state index contributed by atoms with van der Waals surface area (Å²) in [5.41, 5.74) is 0.622. The number of rotatable bonds is 5. The minimum absolute atomic E-state index is 0.166. The second-order valence-electron chi connectivity index (χ2n) is 5.65. The molecule has 2 unspecified atom stereocenters. The van der Waals surface area contributed by atoms with Crippen molar-refractivity contribution in [1.29, 1.82) is 0 Å². The molecule has 0 heterocycles. The van der Waals surface area contributed by atoms with E-state index in [4.69, 9.17) is 16.3 Å². The number of aliphatic hydroxyl groups excluding tert-OH is 1. The van der Waals surface area contributed by atoms with Crippen LogP contribution in [-0.2, 0) is 0 Å². The number of nitrogens with zero attached hydrogens (tertiary/aromatic N) is 1. The summed E-state index contributed by atoms with van der Waals surface area (Å²) in [4.78, 5) is 13.8. The van der Waals surface area contributed by atoms with Gasteiger partial charge in [0.25, 0.3) is 0 Å². The number of carbonyl (C=O) groups is 1. The summed E-state index contributed by atoms with van der Waals surface area (Å²) in [6.07, 6.45) is 2.52. The van der Waals surface area contributed by atoms with E-state index in [9.17, 15) is 9.90 Å². The maximum Gasteiger partial charge on any atom is 0.321 e. The zero-order valence-electron chi connectivity index (χ0n) is 13.0. The summed E-state index contributed by atoms with van der Waals surface area (Å²) < 4.78 is 5.36.